The van der Waals surface area contributed by atoms with Crippen LogP contribution < -0.4 is 4.74 Å². The number of aromatic nitrogens is 2. The van der Waals surface area contributed by atoms with Crippen molar-refractivity contribution < 1.29 is 4.74 Å². The largest absolute Gasteiger partial charge is 0.494 e. The molecule has 2 aromatic rings. The Morgan fingerprint density at radius 3 is 2.56 bits per heavy atom. The van der Waals surface area contributed by atoms with Crippen molar-refractivity contribution in [1.29, 1.82) is 0 Å². The maximum atomic E-state index is 5.77. The number of hydrogen-bond donors (Lipinski definition) is 0. The summed E-state index contributed by atoms with van der Waals surface area (Å²) in [4.78, 5) is 8.42. The van der Waals surface area contributed by atoms with Gasteiger partial charge in [-0.2, -0.15) is 0 Å². The second-order valence-corrected chi connectivity index (χ2v) is 3.49. The van der Waals surface area contributed by atoms with Crippen molar-refractivity contribution in [2.45, 2.75) is 5.88 Å². The van der Waals surface area contributed by atoms with Gasteiger partial charge in [-0.05, 0) is 24.3 Å². The van der Waals surface area contributed by atoms with E-state index in [-0.39, 0.29) is 0 Å². The Hall–Kier alpha value is -1.61. The van der Waals surface area contributed by atoms with E-state index < -0.39 is 0 Å². The average molecular weight is 235 g/mol. The summed E-state index contributed by atoms with van der Waals surface area (Å²) in [5.41, 5.74) is 2.59. The minimum atomic E-state index is 0.391. The van der Waals surface area contributed by atoms with Crippen molar-refractivity contribution in [3.63, 3.8) is 0 Å². The molecule has 16 heavy (non-hydrogen) atoms. The molecule has 0 radical (unpaired) electrons. The predicted octanol–water partition coefficient (Wildman–Crippen LogP) is 2.89. The van der Waals surface area contributed by atoms with Crippen molar-refractivity contribution in [3.8, 4) is 17.0 Å². The SMILES string of the molecule is COc1ccc(CCl)nc1-c1ccncc1. The summed E-state index contributed by atoms with van der Waals surface area (Å²) < 4.78 is 5.27. The molecule has 0 aliphatic heterocycles. The van der Waals surface area contributed by atoms with E-state index in [1.54, 1.807) is 19.5 Å². The number of pyridine rings is 2. The molecule has 0 saturated heterocycles. The molecule has 0 spiro atoms. The molecule has 3 nitrogen and oxygen atoms in total. The molecule has 0 aromatic carbocycles. The monoisotopic (exact) mass is 234 g/mol. The normalized spacial score (nSPS) is 10.1. The van der Waals surface area contributed by atoms with E-state index in [9.17, 15) is 0 Å². The third kappa shape index (κ3) is 2.14. The van der Waals surface area contributed by atoms with Crippen molar-refractivity contribution in [1.82, 2.24) is 9.97 Å². The van der Waals surface area contributed by atoms with E-state index in [2.05, 4.69) is 9.97 Å². The molecule has 0 bridgehead atoms. The zero-order valence-electron chi connectivity index (χ0n) is 8.85. The number of nitrogens with zero attached hydrogens (tertiary/aromatic N) is 2. The van der Waals surface area contributed by atoms with Crippen LogP contribution in [0.25, 0.3) is 11.3 Å². The third-order valence-electron chi connectivity index (χ3n) is 2.23. The number of methoxy groups -OCH3 is 1. The van der Waals surface area contributed by atoms with Crippen LogP contribution in [-0.4, -0.2) is 17.1 Å². The van der Waals surface area contributed by atoms with Gasteiger partial charge in [0.15, 0.2) is 0 Å². The molecule has 0 amide bonds. The van der Waals surface area contributed by atoms with Crippen LogP contribution in [0.4, 0.5) is 0 Å². The maximum Gasteiger partial charge on any atom is 0.145 e. The summed E-state index contributed by atoms with van der Waals surface area (Å²) in [6, 6.07) is 7.52. The van der Waals surface area contributed by atoms with Crippen LogP contribution in [0, 0.1) is 0 Å². The Kier molecular flexibility index (Phi) is 3.37. The average Bonchev–Trinajstić information content (AvgIpc) is 2.39. The Labute approximate surface area is 99.1 Å². The molecule has 0 atom stereocenters. The number of alkyl halides is 1. The molecule has 0 N–H and O–H groups in total. The zero-order chi connectivity index (χ0) is 11.4. The molecule has 2 aromatic heterocycles. The van der Waals surface area contributed by atoms with Gasteiger partial charge in [0.05, 0.1) is 18.7 Å². The summed E-state index contributed by atoms with van der Waals surface area (Å²) in [5.74, 6) is 1.13. The topological polar surface area (TPSA) is 35.0 Å². The van der Waals surface area contributed by atoms with Crippen molar-refractivity contribution >= 4 is 11.6 Å². The lowest BCUT2D eigenvalue weighted by atomic mass is 10.1. The van der Waals surface area contributed by atoms with Crippen LogP contribution in [0.15, 0.2) is 36.7 Å². The minimum Gasteiger partial charge on any atom is -0.494 e. The highest BCUT2D eigenvalue weighted by Gasteiger charge is 2.08. The van der Waals surface area contributed by atoms with E-state index in [1.807, 2.05) is 24.3 Å². The van der Waals surface area contributed by atoms with Crippen molar-refractivity contribution in [2.24, 2.45) is 0 Å². The molecule has 0 saturated carbocycles. The lowest BCUT2D eigenvalue weighted by Crippen LogP contribution is -1.94. The fraction of sp³-hybridized carbons (Fsp3) is 0.167. The Morgan fingerprint density at radius 1 is 1.19 bits per heavy atom. The third-order valence-corrected chi connectivity index (χ3v) is 2.50. The maximum absolute atomic E-state index is 5.77. The van der Waals surface area contributed by atoms with Crippen molar-refractivity contribution in [2.75, 3.05) is 7.11 Å². The Morgan fingerprint density at radius 2 is 1.94 bits per heavy atom. The van der Waals surface area contributed by atoms with E-state index in [4.69, 9.17) is 16.3 Å². The lowest BCUT2D eigenvalue weighted by Gasteiger charge is -2.08. The summed E-state index contributed by atoms with van der Waals surface area (Å²) in [7, 11) is 1.63. The fourth-order valence-corrected chi connectivity index (χ4v) is 1.59. The molecule has 2 heterocycles. The number of ether oxygens (including phenoxy) is 1. The van der Waals surface area contributed by atoms with Crippen LogP contribution in [0.5, 0.6) is 5.75 Å². The number of halogens is 1. The predicted molar refractivity (Wildman–Crippen MR) is 63.6 cm³/mol. The lowest BCUT2D eigenvalue weighted by molar-refractivity contribution is 0.414. The van der Waals surface area contributed by atoms with E-state index >= 15 is 0 Å². The molecule has 2 rings (SSSR count). The molecule has 82 valence electrons. The van der Waals surface area contributed by atoms with Gasteiger partial charge in [-0.3, -0.25) is 4.98 Å². The fourth-order valence-electron chi connectivity index (χ4n) is 1.44. The van der Waals surface area contributed by atoms with Gasteiger partial charge in [0.2, 0.25) is 0 Å². The zero-order valence-corrected chi connectivity index (χ0v) is 9.61. The van der Waals surface area contributed by atoms with Gasteiger partial charge in [0.1, 0.15) is 11.4 Å². The smallest absolute Gasteiger partial charge is 0.145 e. The number of hydrogen-bond acceptors (Lipinski definition) is 3. The summed E-state index contributed by atoms with van der Waals surface area (Å²) in [6.45, 7) is 0. The second-order valence-electron chi connectivity index (χ2n) is 3.22. The molecule has 4 heteroatoms. The van der Waals surface area contributed by atoms with Crippen LogP contribution >= 0.6 is 11.6 Å². The first-order valence-electron chi connectivity index (χ1n) is 4.85. The molecule has 0 aliphatic carbocycles. The van der Waals surface area contributed by atoms with Crippen LogP contribution in [0.3, 0.4) is 0 Å². The highest BCUT2D eigenvalue weighted by atomic mass is 35.5. The molecular weight excluding hydrogens is 224 g/mol. The van der Waals surface area contributed by atoms with Gasteiger partial charge >= 0.3 is 0 Å². The summed E-state index contributed by atoms with van der Waals surface area (Å²) >= 11 is 5.77. The molecule has 0 unspecified atom stereocenters. The van der Waals surface area contributed by atoms with Gasteiger partial charge < -0.3 is 4.74 Å². The van der Waals surface area contributed by atoms with E-state index in [0.717, 1.165) is 22.7 Å². The van der Waals surface area contributed by atoms with Gasteiger partial charge in [-0.1, -0.05) is 0 Å². The Balaban J connectivity index is 2.53. The minimum absolute atomic E-state index is 0.391. The standard InChI is InChI=1S/C12H11ClN2O/c1-16-11-3-2-10(8-13)15-12(11)9-4-6-14-7-5-9/h2-7H,8H2,1H3. The summed E-state index contributed by atoms with van der Waals surface area (Å²) in [5, 5.41) is 0. The number of rotatable bonds is 3. The van der Waals surface area contributed by atoms with Gasteiger partial charge in [-0.25, -0.2) is 4.98 Å². The van der Waals surface area contributed by atoms with Gasteiger partial charge in [0.25, 0.3) is 0 Å². The molecular formula is C12H11ClN2O. The molecule has 0 aliphatic rings. The van der Waals surface area contributed by atoms with Crippen LogP contribution in [-0.2, 0) is 5.88 Å². The summed E-state index contributed by atoms with van der Waals surface area (Å²) in [6.07, 6.45) is 3.45. The highest BCUT2D eigenvalue weighted by Crippen LogP contribution is 2.27. The second kappa shape index (κ2) is 4.94. The van der Waals surface area contributed by atoms with E-state index in [1.165, 1.54) is 0 Å². The van der Waals surface area contributed by atoms with Crippen molar-refractivity contribution in [3.05, 3.63) is 42.4 Å². The van der Waals surface area contributed by atoms with Crippen LogP contribution in [0.1, 0.15) is 5.69 Å². The first-order chi connectivity index (χ1) is 7.85. The first-order valence-corrected chi connectivity index (χ1v) is 5.39. The van der Waals surface area contributed by atoms with Crippen LogP contribution in [0.2, 0.25) is 0 Å². The molecule has 0 fully saturated rings. The Bertz CT molecular complexity index is 474. The quantitative estimate of drug-likeness (QED) is 0.766. The first kappa shape index (κ1) is 10.9. The van der Waals surface area contributed by atoms with Gasteiger partial charge in [-0.15, -0.1) is 11.6 Å². The van der Waals surface area contributed by atoms with E-state index in [0.29, 0.717) is 5.88 Å². The highest BCUT2D eigenvalue weighted by molar-refractivity contribution is 6.16. The van der Waals surface area contributed by atoms with Gasteiger partial charge in [0, 0.05) is 18.0 Å².